The Hall–Kier alpha value is -2.99. The molecule has 0 aliphatic rings. The minimum absolute atomic E-state index is 0.240. The molecule has 136 valence electrons. The van der Waals surface area contributed by atoms with Crippen LogP contribution < -0.4 is 20.3 Å². The molecule has 26 heavy (non-hydrogen) atoms. The van der Waals surface area contributed by atoms with Crippen molar-refractivity contribution in [3.63, 3.8) is 0 Å². The predicted octanol–water partition coefficient (Wildman–Crippen LogP) is 3.05. The second kappa shape index (κ2) is 9.48. The number of aryl methyl sites for hydroxylation is 1. The van der Waals surface area contributed by atoms with Crippen molar-refractivity contribution >= 4 is 23.4 Å². The van der Waals surface area contributed by atoms with Gasteiger partial charge in [-0.15, -0.1) is 0 Å². The maximum absolute atomic E-state index is 12.0. The molecule has 2 rings (SSSR count). The lowest BCUT2D eigenvalue weighted by molar-refractivity contribution is -0.123. The summed E-state index contributed by atoms with van der Waals surface area (Å²) < 4.78 is 10.7. The normalized spacial score (nSPS) is 9.92. The molecular weight excluding hydrogens is 356 g/mol. The fourth-order valence-electron chi connectivity index (χ4n) is 1.95. The molecule has 2 aromatic rings. The van der Waals surface area contributed by atoms with Gasteiger partial charge in [-0.05, 0) is 55.0 Å². The number of hydrogen-bond donors (Lipinski definition) is 2. The lowest BCUT2D eigenvalue weighted by atomic mass is 10.2. The van der Waals surface area contributed by atoms with Crippen LogP contribution in [0.15, 0.2) is 55.1 Å². The predicted molar refractivity (Wildman–Crippen MR) is 99.4 cm³/mol. The highest BCUT2D eigenvalue weighted by Crippen LogP contribution is 2.20. The average Bonchev–Trinajstić information content (AvgIpc) is 2.65. The van der Waals surface area contributed by atoms with Crippen molar-refractivity contribution in [1.82, 2.24) is 10.9 Å². The molecule has 0 aliphatic heterocycles. The molecule has 0 aromatic heterocycles. The quantitative estimate of drug-likeness (QED) is 0.577. The maximum Gasteiger partial charge on any atom is 0.276 e. The number of ether oxygens (including phenoxy) is 2. The van der Waals surface area contributed by atoms with E-state index < -0.39 is 11.8 Å². The lowest BCUT2D eigenvalue weighted by Gasteiger charge is -2.10. The van der Waals surface area contributed by atoms with Gasteiger partial charge in [0.1, 0.15) is 18.1 Å². The van der Waals surface area contributed by atoms with E-state index >= 15 is 0 Å². The van der Waals surface area contributed by atoms with Crippen molar-refractivity contribution in [2.24, 2.45) is 0 Å². The molecule has 0 bridgehead atoms. The molecule has 2 amide bonds. The van der Waals surface area contributed by atoms with Crippen LogP contribution in [-0.2, 0) is 4.79 Å². The standard InChI is InChI=1S/C19H19ClN2O4/c1-3-10-25-15-6-4-14(5-7-15)19(24)22-21-18(23)12-26-16-8-9-17(20)13(2)11-16/h3-9,11H,1,10,12H2,2H3,(H,21,23)(H,22,24). The highest BCUT2D eigenvalue weighted by molar-refractivity contribution is 6.31. The molecule has 0 unspecified atom stereocenters. The summed E-state index contributed by atoms with van der Waals surface area (Å²) in [7, 11) is 0. The number of halogens is 1. The zero-order valence-corrected chi connectivity index (χ0v) is 15.0. The van der Waals surface area contributed by atoms with Crippen LogP contribution in [-0.4, -0.2) is 25.0 Å². The van der Waals surface area contributed by atoms with Gasteiger partial charge in [-0.1, -0.05) is 24.3 Å². The van der Waals surface area contributed by atoms with E-state index in [1.807, 2.05) is 6.92 Å². The largest absolute Gasteiger partial charge is 0.490 e. The van der Waals surface area contributed by atoms with Gasteiger partial charge in [-0.3, -0.25) is 20.4 Å². The molecule has 0 saturated carbocycles. The number of amides is 2. The average molecular weight is 375 g/mol. The van der Waals surface area contributed by atoms with Crippen molar-refractivity contribution in [2.75, 3.05) is 13.2 Å². The minimum Gasteiger partial charge on any atom is -0.490 e. The Kier molecular flexibility index (Phi) is 7.05. The third-order valence-corrected chi connectivity index (χ3v) is 3.72. The summed E-state index contributed by atoms with van der Waals surface area (Å²) in [6.07, 6.45) is 1.63. The first-order chi connectivity index (χ1) is 12.5. The van der Waals surface area contributed by atoms with Crippen LogP contribution in [0.1, 0.15) is 15.9 Å². The SMILES string of the molecule is C=CCOc1ccc(C(=O)NNC(=O)COc2ccc(Cl)c(C)c2)cc1. The van der Waals surface area contributed by atoms with Crippen LogP contribution in [0.25, 0.3) is 0 Å². The molecule has 0 atom stereocenters. The van der Waals surface area contributed by atoms with E-state index in [9.17, 15) is 9.59 Å². The van der Waals surface area contributed by atoms with Crippen LogP contribution in [0.2, 0.25) is 5.02 Å². The summed E-state index contributed by atoms with van der Waals surface area (Å²) in [6, 6.07) is 11.6. The Balaban J connectivity index is 1.78. The lowest BCUT2D eigenvalue weighted by Crippen LogP contribution is -2.43. The fourth-order valence-corrected chi connectivity index (χ4v) is 2.07. The molecule has 0 saturated heterocycles. The van der Waals surface area contributed by atoms with Crippen molar-refractivity contribution < 1.29 is 19.1 Å². The van der Waals surface area contributed by atoms with Gasteiger partial charge in [-0.2, -0.15) is 0 Å². The van der Waals surface area contributed by atoms with Gasteiger partial charge >= 0.3 is 0 Å². The van der Waals surface area contributed by atoms with Crippen LogP contribution in [0, 0.1) is 6.92 Å². The van der Waals surface area contributed by atoms with E-state index in [2.05, 4.69) is 17.4 Å². The second-order valence-electron chi connectivity index (χ2n) is 5.33. The molecule has 0 aliphatic carbocycles. The van der Waals surface area contributed by atoms with Crippen LogP contribution >= 0.6 is 11.6 Å². The molecule has 2 aromatic carbocycles. The Morgan fingerprint density at radius 2 is 1.77 bits per heavy atom. The van der Waals surface area contributed by atoms with Crippen LogP contribution in [0.5, 0.6) is 11.5 Å². The molecule has 0 heterocycles. The van der Waals surface area contributed by atoms with Gasteiger partial charge in [0.05, 0.1) is 0 Å². The summed E-state index contributed by atoms with van der Waals surface area (Å²) >= 11 is 5.93. The molecule has 0 fully saturated rings. The van der Waals surface area contributed by atoms with E-state index in [4.69, 9.17) is 21.1 Å². The number of hydrazine groups is 1. The first kappa shape index (κ1) is 19.3. The molecule has 2 N–H and O–H groups in total. The Morgan fingerprint density at radius 3 is 2.42 bits per heavy atom. The Morgan fingerprint density at radius 1 is 1.08 bits per heavy atom. The van der Waals surface area contributed by atoms with Crippen molar-refractivity contribution in [3.05, 3.63) is 71.3 Å². The van der Waals surface area contributed by atoms with Crippen molar-refractivity contribution in [2.45, 2.75) is 6.92 Å². The first-order valence-electron chi connectivity index (χ1n) is 7.81. The second-order valence-corrected chi connectivity index (χ2v) is 5.73. The molecule has 0 radical (unpaired) electrons. The van der Waals surface area contributed by atoms with Gasteiger partial charge < -0.3 is 9.47 Å². The van der Waals surface area contributed by atoms with Crippen molar-refractivity contribution in [3.8, 4) is 11.5 Å². The van der Waals surface area contributed by atoms with E-state index in [-0.39, 0.29) is 6.61 Å². The third-order valence-electron chi connectivity index (χ3n) is 3.30. The molecule has 6 nitrogen and oxygen atoms in total. The number of carbonyl (C=O) groups is 2. The van der Waals surface area contributed by atoms with Gasteiger partial charge in [-0.25, -0.2) is 0 Å². The minimum atomic E-state index is -0.489. The van der Waals surface area contributed by atoms with E-state index in [1.165, 1.54) is 0 Å². The fraction of sp³-hybridized carbons (Fsp3) is 0.158. The summed E-state index contributed by atoms with van der Waals surface area (Å²) in [5.74, 6) is 0.202. The molecule has 7 heteroatoms. The van der Waals surface area contributed by atoms with Crippen molar-refractivity contribution in [1.29, 1.82) is 0 Å². The topological polar surface area (TPSA) is 76.7 Å². The van der Waals surface area contributed by atoms with Gasteiger partial charge in [0.25, 0.3) is 11.8 Å². The van der Waals surface area contributed by atoms with Gasteiger partial charge in [0.15, 0.2) is 6.61 Å². The van der Waals surface area contributed by atoms with Gasteiger partial charge in [0.2, 0.25) is 0 Å². The summed E-state index contributed by atoms with van der Waals surface area (Å²) in [6.45, 7) is 5.54. The monoisotopic (exact) mass is 374 g/mol. The smallest absolute Gasteiger partial charge is 0.276 e. The number of hydrogen-bond acceptors (Lipinski definition) is 4. The molecular formula is C19H19ClN2O4. The van der Waals surface area contributed by atoms with E-state index in [0.29, 0.717) is 28.7 Å². The van der Waals surface area contributed by atoms with Crippen LogP contribution in [0.3, 0.4) is 0 Å². The van der Waals surface area contributed by atoms with E-state index in [1.54, 1.807) is 48.5 Å². The number of nitrogens with one attached hydrogen (secondary N) is 2. The highest BCUT2D eigenvalue weighted by atomic mass is 35.5. The first-order valence-corrected chi connectivity index (χ1v) is 8.19. The Labute approximate surface area is 156 Å². The van der Waals surface area contributed by atoms with Crippen LogP contribution in [0.4, 0.5) is 0 Å². The maximum atomic E-state index is 12.0. The third kappa shape index (κ3) is 5.82. The molecule has 0 spiro atoms. The number of rotatable bonds is 7. The number of benzene rings is 2. The highest BCUT2D eigenvalue weighted by Gasteiger charge is 2.08. The number of carbonyl (C=O) groups excluding carboxylic acids is 2. The zero-order valence-electron chi connectivity index (χ0n) is 14.3. The summed E-state index contributed by atoms with van der Waals surface area (Å²) in [5, 5.41) is 0.620. The van der Waals surface area contributed by atoms with Gasteiger partial charge in [0, 0.05) is 10.6 Å². The Bertz CT molecular complexity index is 791. The zero-order chi connectivity index (χ0) is 18.9. The summed E-state index contributed by atoms with van der Waals surface area (Å²) in [4.78, 5) is 23.8. The van der Waals surface area contributed by atoms with E-state index in [0.717, 1.165) is 5.56 Å². The summed E-state index contributed by atoms with van der Waals surface area (Å²) in [5.41, 5.74) is 5.84.